The highest BCUT2D eigenvalue weighted by Crippen LogP contribution is 2.46. The first-order valence-electron chi connectivity index (χ1n) is 12.8. The van der Waals surface area contributed by atoms with E-state index in [2.05, 4.69) is 34.5 Å². The van der Waals surface area contributed by atoms with E-state index in [1.54, 1.807) is 6.92 Å². The molecule has 2 heterocycles. The number of fused-ring (bicyclic) bond motifs is 4. The minimum absolute atomic E-state index is 0.282. The second-order valence-electron chi connectivity index (χ2n) is 10.9. The molecule has 3 heteroatoms. The average molecular weight is 409 g/mol. The molecular weight excluding hydrogens is 368 g/mol. The molecule has 1 aromatic carbocycles. The van der Waals surface area contributed by atoms with Gasteiger partial charge in [0, 0.05) is 36.3 Å². The van der Waals surface area contributed by atoms with Crippen LogP contribution < -0.4 is 5.32 Å². The van der Waals surface area contributed by atoms with E-state index in [1.807, 2.05) is 0 Å². The Morgan fingerprint density at radius 1 is 0.900 bits per heavy atom. The van der Waals surface area contributed by atoms with Crippen molar-refractivity contribution in [3.8, 4) is 0 Å². The standard InChI is InChI=1S/C27H40N2O/c1-19(30)12-13-22-8-2-3-11-27(22)28-23-17-24-9-5-10-25(18-23)29(24)26-15-20-6-4-7-21(14-20)16-26/h2-3,8,11,20-21,23-26,28H,4-7,9-10,12-18H2,1H3/t20-,21+,23-,24+,25-,26+. The minimum Gasteiger partial charge on any atom is -0.382 e. The third-order valence-corrected chi connectivity index (χ3v) is 8.68. The molecule has 2 saturated carbocycles. The van der Waals surface area contributed by atoms with E-state index in [4.69, 9.17) is 0 Å². The molecule has 0 amide bonds. The molecule has 0 aromatic heterocycles. The second kappa shape index (κ2) is 9.02. The Labute approximate surface area is 183 Å². The Hall–Kier alpha value is -1.35. The number of anilines is 1. The molecule has 2 aliphatic heterocycles. The predicted octanol–water partition coefficient (Wildman–Crippen LogP) is 5.97. The van der Waals surface area contributed by atoms with E-state index in [-0.39, 0.29) is 5.78 Å². The molecule has 1 aromatic rings. The van der Waals surface area contributed by atoms with Gasteiger partial charge in [-0.15, -0.1) is 0 Å². The van der Waals surface area contributed by atoms with Crippen LogP contribution in [-0.4, -0.2) is 34.9 Å². The number of carbonyl (C=O) groups is 1. The number of Topliss-reactive ketones (excluding diaryl/α,β-unsaturated/α-hetero) is 1. The summed E-state index contributed by atoms with van der Waals surface area (Å²) in [6.45, 7) is 1.70. The zero-order valence-corrected chi connectivity index (χ0v) is 18.8. The van der Waals surface area contributed by atoms with Gasteiger partial charge in [-0.25, -0.2) is 0 Å². The number of benzene rings is 1. The summed E-state index contributed by atoms with van der Waals surface area (Å²) in [7, 11) is 0. The molecule has 4 bridgehead atoms. The maximum atomic E-state index is 11.5. The van der Waals surface area contributed by atoms with Crippen molar-refractivity contribution in [2.45, 2.75) is 115 Å². The number of nitrogens with one attached hydrogen (secondary N) is 1. The van der Waals surface area contributed by atoms with Gasteiger partial charge in [-0.1, -0.05) is 43.9 Å². The number of carbonyl (C=O) groups excluding carboxylic acids is 1. The van der Waals surface area contributed by atoms with Crippen LogP contribution >= 0.6 is 0 Å². The molecule has 1 N–H and O–H groups in total. The number of rotatable bonds is 6. The Kier molecular flexibility index (Phi) is 6.18. The summed E-state index contributed by atoms with van der Waals surface area (Å²) in [5.74, 6) is 2.32. The first kappa shape index (κ1) is 20.5. The highest BCUT2D eigenvalue weighted by Gasteiger charge is 2.44. The number of hydrogen-bond acceptors (Lipinski definition) is 3. The van der Waals surface area contributed by atoms with Crippen LogP contribution in [0.5, 0.6) is 0 Å². The highest BCUT2D eigenvalue weighted by molar-refractivity contribution is 5.76. The molecule has 3 nitrogen and oxygen atoms in total. The molecular formula is C27H40N2O. The Morgan fingerprint density at radius 2 is 1.57 bits per heavy atom. The molecule has 2 aliphatic carbocycles. The summed E-state index contributed by atoms with van der Waals surface area (Å²) in [6, 6.07) is 11.7. The van der Waals surface area contributed by atoms with Gasteiger partial charge in [0.25, 0.3) is 0 Å². The third-order valence-electron chi connectivity index (χ3n) is 8.68. The fourth-order valence-electron chi connectivity index (χ4n) is 7.48. The van der Waals surface area contributed by atoms with Crippen LogP contribution in [0.25, 0.3) is 0 Å². The predicted molar refractivity (Wildman–Crippen MR) is 124 cm³/mol. The normalized spacial score (nSPS) is 36.3. The minimum atomic E-state index is 0.282. The van der Waals surface area contributed by atoms with Gasteiger partial charge in [0.15, 0.2) is 0 Å². The summed E-state index contributed by atoms with van der Waals surface area (Å²) in [4.78, 5) is 14.5. The van der Waals surface area contributed by atoms with E-state index in [0.29, 0.717) is 12.5 Å². The summed E-state index contributed by atoms with van der Waals surface area (Å²) < 4.78 is 0. The number of piperidine rings is 2. The quantitative estimate of drug-likeness (QED) is 0.629. The fraction of sp³-hybridized carbons (Fsp3) is 0.741. The zero-order valence-electron chi connectivity index (χ0n) is 18.8. The number of para-hydroxylation sites is 1. The van der Waals surface area contributed by atoms with Gasteiger partial charge in [-0.05, 0) is 81.8 Å². The summed E-state index contributed by atoms with van der Waals surface area (Å²) in [6.07, 6.45) is 17.3. The first-order valence-corrected chi connectivity index (χ1v) is 12.8. The fourth-order valence-corrected chi connectivity index (χ4v) is 7.48. The average Bonchev–Trinajstić information content (AvgIpc) is 2.72. The molecule has 4 fully saturated rings. The van der Waals surface area contributed by atoms with Crippen LogP contribution in [0.1, 0.15) is 89.5 Å². The van der Waals surface area contributed by atoms with E-state index < -0.39 is 0 Å². The topological polar surface area (TPSA) is 32.3 Å². The number of hydrogen-bond donors (Lipinski definition) is 1. The van der Waals surface area contributed by atoms with Gasteiger partial charge >= 0.3 is 0 Å². The Balaban J connectivity index is 1.26. The van der Waals surface area contributed by atoms with Gasteiger partial charge in [0.2, 0.25) is 0 Å². The van der Waals surface area contributed by atoms with Crippen molar-refractivity contribution in [3.05, 3.63) is 29.8 Å². The van der Waals surface area contributed by atoms with Crippen molar-refractivity contribution in [1.29, 1.82) is 0 Å². The van der Waals surface area contributed by atoms with E-state index in [0.717, 1.165) is 36.4 Å². The van der Waals surface area contributed by atoms with Crippen molar-refractivity contribution in [1.82, 2.24) is 4.90 Å². The maximum absolute atomic E-state index is 11.5. The van der Waals surface area contributed by atoms with Crippen LogP contribution in [0, 0.1) is 11.8 Å². The van der Waals surface area contributed by atoms with Crippen LogP contribution in [0.2, 0.25) is 0 Å². The van der Waals surface area contributed by atoms with Gasteiger partial charge in [0.05, 0.1) is 0 Å². The van der Waals surface area contributed by atoms with Crippen molar-refractivity contribution >= 4 is 11.5 Å². The van der Waals surface area contributed by atoms with Crippen LogP contribution in [-0.2, 0) is 11.2 Å². The summed E-state index contributed by atoms with van der Waals surface area (Å²) in [5.41, 5.74) is 2.57. The maximum Gasteiger partial charge on any atom is 0.130 e. The van der Waals surface area contributed by atoms with Gasteiger partial charge in [-0.2, -0.15) is 0 Å². The molecule has 0 unspecified atom stereocenters. The number of nitrogens with zero attached hydrogens (tertiary/aromatic N) is 1. The smallest absolute Gasteiger partial charge is 0.130 e. The zero-order chi connectivity index (χ0) is 20.5. The molecule has 0 spiro atoms. The number of ketones is 1. The molecule has 164 valence electrons. The van der Waals surface area contributed by atoms with Crippen LogP contribution in [0.4, 0.5) is 5.69 Å². The Bertz CT molecular complexity index is 720. The molecule has 4 aliphatic rings. The second-order valence-corrected chi connectivity index (χ2v) is 10.9. The molecule has 6 atom stereocenters. The highest BCUT2D eigenvalue weighted by atomic mass is 16.1. The van der Waals surface area contributed by atoms with E-state index in [9.17, 15) is 4.79 Å². The Morgan fingerprint density at radius 3 is 2.27 bits per heavy atom. The van der Waals surface area contributed by atoms with Crippen LogP contribution in [0.3, 0.4) is 0 Å². The van der Waals surface area contributed by atoms with Crippen molar-refractivity contribution < 1.29 is 4.79 Å². The van der Waals surface area contributed by atoms with E-state index >= 15 is 0 Å². The van der Waals surface area contributed by atoms with Gasteiger partial charge in [0.1, 0.15) is 5.78 Å². The van der Waals surface area contributed by atoms with Crippen LogP contribution in [0.15, 0.2) is 24.3 Å². The van der Waals surface area contributed by atoms with Crippen molar-refractivity contribution in [2.75, 3.05) is 5.32 Å². The van der Waals surface area contributed by atoms with Crippen molar-refractivity contribution in [3.63, 3.8) is 0 Å². The third kappa shape index (κ3) is 4.47. The summed E-state index contributed by atoms with van der Waals surface area (Å²) in [5, 5.41) is 3.93. The largest absolute Gasteiger partial charge is 0.382 e. The van der Waals surface area contributed by atoms with Gasteiger partial charge in [-0.3, -0.25) is 4.90 Å². The summed E-state index contributed by atoms with van der Waals surface area (Å²) >= 11 is 0. The lowest BCUT2D eigenvalue weighted by atomic mass is 9.68. The van der Waals surface area contributed by atoms with Crippen molar-refractivity contribution in [2.24, 2.45) is 11.8 Å². The number of aryl methyl sites for hydroxylation is 1. The molecule has 30 heavy (non-hydrogen) atoms. The SMILES string of the molecule is CC(=O)CCc1ccccc1N[C@H]1C[C@H]2CCC[C@@H](C1)N2[C@H]1C[C@@H]2CCC[C@@H](C2)C1. The van der Waals surface area contributed by atoms with Gasteiger partial charge < -0.3 is 10.1 Å². The molecule has 5 rings (SSSR count). The van der Waals surface area contributed by atoms with E-state index in [1.165, 1.54) is 81.9 Å². The molecule has 2 saturated heterocycles. The lowest BCUT2D eigenvalue weighted by Gasteiger charge is -2.55. The molecule has 0 radical (unpaired) electrons. The first-order chi connectivity index (χ1) is 14.7. The monoisotopic (exact) mass is 408 g/mol. The lowest BCUT2D eigenvalue weighted by Crippen LogP contribution is -2.60. The lowest BCUT2D eigenvalue weighted by molar-refractivity contribution is -0.116.